The normalized spacial score (nSPS) is 14.6. The van der Waals surface area contributed by atoms with Gasteiger partial charge in [-0.15, -0.1) is 0 Å². The summed E-state index contributed by atoms with van der Waals surface area (Å²) in [5.41, 5.74) is 4.29. The molecule has 0 fully saturated rings. The average molecular weight is 375 g/mol. The summed E-state index contributed by atoms with van der Waals surface area (Å²) in [6.07, 6.45) is 4.38. The van der Waals surface area contributed by atoms with Gasteiger partial charge in [-0.05, 0) is 61.1 Å². The monoisotopic (exact) mass is 374 g/mol. The maximum absolute atomic E-state index is 12.7. The van der Waals surface area contributed by atoms with Crippen molar-refractivity contribution in [3.8, 4) is 0 Å². The van der Waals surface area contributed by atoms with Gasteiger partial charge in [-0.3, -0.25) is 0 Å². The molecular weight excluding hydrogens is 356 g/mol. The van der Waals surface area contributed by atoms with Crippen LogP contribution in [0, 0.1) is 0 Å². The van der Waals surface area contributed by atoms with E-state index in [4.69, 9.17) is 11.6 Å². The topological polar surface area (TPSA) is 62.0 Å². The summed E-state index contributed by atoms with van der Waals surface area (Å²) in [4.78, 5) is 3.72. The van der Waals surface area contributed by atoms with E-state index in [2.05, 4.69) is 9.71 Å². The molecule has 0 aliphatic heterocycles. The van der Waals surface area contributed by atoms with E-state index < -0.39 is 10.0 Å². The molecule has 1 heterocycles. The Labute approximate surface area is 152 Å². The summed E-state index contributed by atoms with van der Waals surface area (Å²) in [5.74, 6) is 0. The van der Waals surface area contributed by atoms with Gasteiger partial charge in [0.25, 0.3) is 0 Å². The van der Waals surface area contributed by atoms with E-state index in [1.807, 2.05) is 24.3 Å². The number of H-pyrrole nitrogens is 1. The largest absolute Gasteiger partial charge is 0.358 e. The highest BCUT2D eigenvalue weighted by molar-refractivity contribution is 7.89. The van der Waals surface area contributed by atoms with E-state index in [9.17, 15) is 8.42 Å². The quantitative estimate of drug-likeness (QED) is 0.719. The summed E-state index contributed by atoms with van der Waals surface area (Å²) in [7, 11) is -3.59. The van der Waals surface area contributed by atoms with Gasteiger partial charge >= 0.3 is 0 Å². The molecule has 6 heteroatoms. The van der Waals surface area contributed by atoms with E-state index in [1.54, 1.807) is 18.2 Å². The molecule has 0 unspecified atom stereocenters. The Bertz CT molecular complexity index is 1040. The van der Waals surface area contributed by atoms with Crippen LogP contribution >= 0.6 is 11.6 Å². The predicted octanol–water partition coefficient (Wildman–Crippen LogP) is 4.18. The number of aromatic nitrogens is 1. The Morgan fingerprint density at radius 3 is 2.72 bits per heavy atom. The lowest BCUT2D eigenvalue weighted by Crippen LogP contribution is -2.23. The van der Waals surface area contributed by atoms with Crippen LogP contribution in [-0.2, 0) is 29.4 Å². The van der Waals surface area contributed by atoms with Crippen molar-refractivity contribution in [1.29, 1.82) is 0 Å². The molecule has 0 saturated carbocycles. The lowest BCUT2D eigenvalue weighted by Gasteiger charge is -2.11. The van der Waals surface area contributed by atoms with E-state index in [-0.39, 0.29) is 6.54 Å². The fourth-order valence-electron chi connectivity index (χ4n) is 3.45. The molecule has 4 rings (SSSR count). The maximum atomic E-state index is 12.7. The molecule has 2 aromatic carbocycles. The van der Waals surface area contributed by atoms with Gasteiger partial charge in [0, 0.05) is 28.2 Å². The fraction of sp³-hybridized carbons (Fsp3) is 0.263. The number of hydrogen-bond acceptors (Lipinski definition) is 2. The van der Waals surface area contributed by atoms with Crippen LogP contribution in [0.25, 0.3) is 10.9 Å². The number of fused-ring (bicyclic) bond motifs is 3. The molecule has 0 atom stereocenters. The standard InChI is InChI=1S/C19H19ClN2O2S/c20-17-7-3-1-5-13(17)12-21-25(23,24)14-9-10-19-16(11-14)15-6-2-4-8-18(15)22-19/h1,3,5,7,9-11,21-22H,2,4,6,8,12H2. The average Bonchev–Trinajstić information content (AvgIpc) is 2.99. The van der Waals surface area contributed by atoms with Crippen LogP contribution in [0.5, 0.6) is 0 Å². The zero-order valence-corrected chi connectivity index (χ0v) is 15.3. The van der Waals surface area contributed by atoms with Gasteiger partial charge in [-0.25, -0.2) is 13.1 Å². The second kappa shape index (κ2) is 6.48. The summed E-state index contributed by atoms with van der Waals surface area (Å²) in [6, 6.07) is 12.5. The van der Waals surface area contributed by atoms with Crippen molar-refractivity contribution in [3.63, 3.8) is 0 Å². The second-order valence-corrected chi connectivity index (χ2v) is 8.59. The smallest absolute Gasteiger partial charge is 0.240 e. The molecule has 0 amide bonds. The molecule has 4 nitrogen and oxygen atoms in total. The van der Waals surface area contributed by atoms with Gasteiger partial charge in [0.1, 0.15) is 0 Å². The SMILES string of the molecule is O=S(=O)(NCc1ccccc1Cl)c1ccc2[nH]c3c(c2c1)CCCC3. The van der Waals surface area contributed by atoms with Crippen LogP contribution in [0.3, 0.4) is 0 Å². The van der Waals surface area contributed by atoms with E-state index in [0.29, 0.717) is 9.92 Å². The lowest BCUT2D eigenvalue weighted by atomic mass is 9.96. The van der Waals surface area contributed by atoms with Crippen molar-refractivity contribution in [2.45, 2.75) is 37.1 Å². The van der Waals surface area contributed by atoms with Crippen molar-refractivity contribution in [2.75, 3.05) is 0 Å². The van der Waals surface area contributed by atoms with Crippen molar-refractivity contribution < 1.29 is 8.42 Å². The van der Waals surface area contributed by atoms with Crippen molar-refractivity contribution in [3.05, 3.63) is 64.3 Å². The molecule has 1 aromatic heterocycles. The van der Waals surface area contributed by atoms with Gasteiger partial charge in [0.05, 0.1) is 4.90 Å². The second-order valence-electron chi connectivity index (χ2n) is 6.41. The van der Waals surface area contributed by atoms with Crippen LogP contribution in [-0.4, -0.2) is 13.4 Å². The van der Waals surface area contributed by atoms with Crippen LogP contribution < -0.4 is 4.72 Å². The fourth-order valence-corrected chi connectivity index (χ4v) is 4.69. The van der Waals surface area contributed by atoms with Crippen LogP contribution in [0.4, 0.5) is 0 Å². The third-order valence-corrected chi connectivity index (χ3v) is 6.56. The molecule has 2 N–H and O–H groups in total. The summed E-state index contributed by atoms with van der Waals surface area (Å²) >= 11 is 6.10. The summed E-state index contributed by atoms with van der Waals surface area (Å²) in [6.45, 7) is 0.172. The van der Waals surface area contributed by atoms with Crippen LogP contribution in [0.1, 0.15) is 29.7 Å². The molecule has 0 bridgehead atoms. The first-order valence-electron chi connectivity index (χ1n) is 8.41. The molecule has 3 aromatic rings. The molecular formula is C19H19ClN2O2S. The van der Waals surface area contributed by atoms with E-state index in [0.717, 1.165) is 35.7 Å². The third kappa shape index (κ3) is 3.19. The molecule has 0 radical (unpaired) electrons. The van der Waals surface area contributed by atoms with Crippen molar-refractivity contribution in [2.24, 2.45) is 0 Å². The molecule has 25 heavy (non-hydrogen) atoms. The summed E-state index contributed by atoms with van der Waals surface area (Å²) in [5, 5.41) is 1.58. The highest BCUT2D eigenvalue weighted by Crippen LogP contribution is 2.30. The Hall–Kier alpha value is -1.82. The Morgan fingerprint density at radius 2 is 1.88 bits per heavy atom. The first-order chi connectivity index (χ1) is 12.0. The number of benzene rings is 2. The van der Waals surface area contributed by atoms with Gasteiger partial charge in [0.2, 0.25) is 10.0 Å². The number of rotatable bonds is 4. The van der Waals surface area contributed by atoms with E-state index >= 15 is 0 Å². The minimum absolute atomic E-state index is 0.172. The molecule has 1 aliphatic rings. The van der Waals surface area contributed by atoms with Crippen LogP contribution in [0.2, 0.25) is 5.02 Å². The number of sulfonamides is 1. The minimum atomic E-state index is -3.59. The van der Waals surface area contributed by atoms with E-state index in [1.165, 1.54) is 17.7 Å². The number of halogens is 1. The van der Waals surface area contributed by atoms with Gasteiger partial charge in [0.15, 0.2) is 0 Å². The third-order valence-electron chi connectivity index (χ3n) is 4.79. The first kappa shape index (κ1) is 16.6. The number of nitrogens with one attached hydrogen (secondary N) is 2. The maximum Gasteiger partial charge on any atom is 0.240 e. The molecule has 0 spiro atoms. The Morgan fingerprint density at radius 1 is 1.08 bits per heavy atom. The molecule has 0 saturated heterocycles. The van der Waals surface area contributed by atoms with Gasteiger partial charge in [-0.2, -0.15) is 0 Å². The number of aryl methyl sites for hydroxylation is 2. The van der Waals surface area contributed by atoms with Crippen molar-refractivity contribution >= 4 is 32.5 Å². The number of aromatic amines is 1. The van der Waals surface area contributed by atoms with Crippen molar-refractivity contribution in [1.82, 2.24) is 9.71 Å². The van der Waals surface area contributed by atoms with Gasteiger partial charge in [-0.1, -0.05) is 29.8 Å². The Kier molecular flexibility index (Phi) is 4.31. The summed E-state index contributed by atoms with van der Waals surface area (Å²) < 4.78 is 28.0. The lowest BCUT2D eigenvalue weighted by molar-refractivity contribution is 0.581. The molecule has 1 aliphatic carbocycles. The zero-order valence-electron chi connectivity index (χ0n) is 13.7. The zero-order chi connectivity index (χ0) is 17.4. The predicted molar refractivity (Wildman–Crippen MR) is 100 cm³/mol. The highest BCUT2D eigenvalue weighted by atomic mass is 35.5. The molecule has 130 valence electrons. The first-order valence-corrected chi connectivity index (χ1v) is 10.3. The Balaban J connectivity index is 1.64. The minimum Gasteiger partial charge on any atom is -0.358 e. The van der Waals surface area contributed by atoms with Crippen LogP contribution in [0.15, 0.2) is 47.4 Å². The number of hydrogen-bond donors (Lipinski definition) is 2. The van der Waals surface area contributed by atoms with Gasteiger partial charge < -0.3 is 4.98 Å². The highest BCUT2D eigenvalue weighted by Gasteiger charge is 2.19.